The van der Waals surface area contributed by atoms with Gasteiger partial charge in [-0.15, -0.1) is 0 Å². The number of amides is 1. The van der Waals surface area contributed by atoms with Crippen LogP contribution >= 0.6 is 0 Å². The molecule has 2 N–H and O–H groups in total. The van der Waals surface area contributed by atoms with Crippen LogP contribution in [0.15, 0.2) is 23.1 Å². The molecule has 128 valence electrons. The monoisotopic (exact) mass is 362 g/mol. The number of nitrogens with one attached hydrogen (secondary N) is 2. The molecule has 1 saturated heterocycles. The fourth-order valence-corrected chi connectivity index (χ4v) is 5.39. The lowest BCUT2D eigenvalue weighted by molar-refractivity contribution is -0.114. The second-order valence-electron chi connectivity index (χ2n) is 5.26. The molecule has 8 nitrogen and oxygen atoms in total. The van der Waals surface area contributed by atoms with E-state index < -0.39 is 25.9 Å². The topological polar surface area (TPSA) is 119 Å². The summed E-state index contributed by atoms with van der Waals surface area (Å²) in [6.07, 6.45) is 0.246. The molecule has 2 rings (SSSR count). The minimum absolute atomic E-state index is 0.0278. The SMILES string of the molecule is COc1ccc(S(=O)(=O)N[C@@H]2CCS(=O)(=O)C2)cc1NC(C)=O. The second-order valence-corrected chi connectivity index (χ2v) is 9.21. The molecule has 1 aromatic carbocycles. The fourth-order valence-electron chi connectivity index (χ4n) is 2.32. The third-order valence-electron chi connectivity index (χ3n) is 3.35. The van der Waals surface area contributed by atoms with Crippen LogP contribution < -0.4 is 14.8 Å². The van der Waals surface area contributed by atoms with Gasteiger partial charge < -0.3 is 10.1 Å². The average molecular weight is 362 g/mol. The van der Waals surface area contributed by atoms with E-state index in [1.807, 2.05) is 0 Å². The maximum Gasteiger partial charge on any atom is 0.240 e. The van der Waals surface area contributed by atoms with Gasteiger partial charge in [-0.2, -0.15) is 0 Å². The smallest absolute Gasteiger partial charge is 0.240 e. The van der Waals surface area contributed by atoms with E-state index in [0.717, 1.165) is 0 Å². The van der Waals surface area contributed by atoms with E-state index in [1.54, 1.807) is 0 Å². The minimum Gasteiger partial charge on any atom is -0.495 e. The van der Waals surface area contributed by atoms with Crippen LogP contribution in [0.3, 0.4) is 0 Å². The van der Waals surface area contributed by atoms with E-state index in [4.69, 9.17) is 4.74 Å². The number of rotatable bonds is 5. The number of sulfonamides is 1. The van der Waals surface area contributed by atoms with Crippen LogP contribution in [0.4, 0.5) is 5.69 Å². The maximum absolute atomic E-state index is 12.4. The number of ether oxygens (including phenoxy) is 1. The highest BCUT2D eigenvalue weighted by Crippen LogP contribution is 2.28. The van der Waals surface area contributed by atoms with Crippen molar-refractivity contribution in [1.29, 1.82) is 0 Å². The highest BCUT2D eigenvalue weighted by molar-refractivity contribution is 7.92. The highest BCUT2D eigenvalue weighted by Gasteiger charge is 2.31. The van der Waals surface area contributed by atoms with Gasteiger partial charge >= 0.3 is 0 Å². The van der Waals surface area contributed by atoms with Crippen molar-refractivity contribution in [3.63, 3.8) is 0 Å². The molecule has 0 spiro atoms. The number of carbonyl (C=O) groups excluding carboxylic acids is 1. The van der Waals surface area contributed by atoms with Gasteiger partial charge in [0.2, 0.25) is 15.9 Å². The van der Waals surface area contributed by atoms with E-state index in [-0.39, 0.29) is 34.4 Å². The predicted octanol–water partition coefficient (Wildman–Crippen LogP) is 0.119. The lowest BCUT2D eigenvalue weighted by atomic mass is 10.3. The number of benzene rings is 1. The first-order chi connectivity index (χ1) is 10.6. The van der Waals surface area contributed by atoms with E-state index in [2.05, 4.69) is 10.0 Å². The summed E-state index contributed by atoms with van der Waals surface area (Å²) in [6.45, 7) is 1.29. The minimum atomic E-state index is -3.90. The quantitative estimate of drug-likeness (QED) is 0.768. The number of hydrogen-bond donors (Lipinski definition) is 2. The van der Waals surface area contributed by atoms with Gasteiger partial charge in [-0.25, -0.2) is 21.6 Å². The largest absolute Gasteiger partial charge is 0.495 e. The molecule has 0 saturated carbocycles. The standard InChI is InChI=1S/C13H18N2O6S2/c1-9(16)14-12-7-11(3-4-13(12)21-2)23(19,20)15-10-5-6-22(17,18)8-10/h3-4,7,10,15H,5-6,8H2,1-2H3,(H,14,16)/t10-/m1/s1. The fraction of sp³-hybridized carbons (Fsp3) is 0.462. The summed E-state index contributed by atoms with van der Waals surface area (Å²) in [5.74, 6) is -0.281. The Morgan fingerprint density at radius 3 is 2.57 bits per heavy atom. The highest BCUT2D eigenvalue weighted by atomic mass is 32.2. The van der Waals surface area contributed by atoms with Gasteiger partial charge in [0.1, 0.15) is 5.75 Å². The molecule has 10 heteroatoms. The van der Waals surface area contributed by atoms with Crippen molar-refractivity contribution < 1.29 is 26.4 Å². The number of anilines is 1. The summed E-state index contributed by atoms with van der Waals surface area (Å²) in [6, 6.07) is 3.38. The van der Waals surface area contributed by atoms with Crippen LogP contribution in [-0.4, -0.2) is 47.4 Å². The van der Waals surface area contributed by atoms with Crippen molar-refractivity contribution in [2.24, 2.45) is 0 Å². The average Bonchev–Trinajstić information content (AvgIpc) is 2.76. The number of methoxy groups -OCH3 is 1. The predicted molar refractivity (Wildman–Crippen MR) is 84.7 cm³/mol. The molecule has 0 aliphatic carbocycles. The Kier molecular flexibility index (Phi) is 4.97. The summed E-state index contributed by atoms with van der Waals surface area (Å²) in [4.78, 5) is 11.1. The van der Waals surface area contributed by atoms with Crippen LogP contribution in [0.5, 0.6) is 5.75 Å². The van der Waals surface area contributed by atoms with Crippen LogP contribution in [0.2, 0.25) is 0 Å². The van der Waals surface area contributed by atoms with E-state index in [1.165, 1.54) is 32.2 Å². The molecule has 1 atom stereocenters. The van der Waals surface area contributed by atoms with Gasteiger partial charge in [0.15, 0.2) is 9.84 Å². The lowest BCUT2D eigenvalue weighted by Crippen LogP contribution is -2.35. The molecule has 1 aliphatic heterocycles. The zero-order chi connectivity index (χ0) is 17.3. The molecule has 0 aromatic heterocycles. The van der Waals surface area contributed by atoms with E-state index >= 15 is 0 Å². The first-order valence-electron chi connectivity index (χ1n) is 6.81. The third kappa shape index (κ3) is 4.43. The number of sulfone groups is 1. The Labute approximate surface area is 135 Å². The van der Waals surface area contributed by atoms with Crippen molar-refractivity contribution in [3.05, 3.63) is 18.2 Å². The van der Waals surface area contributed by atoms with E-state index in [9.17, 15) is 21.6 Å². The maximum atomic E-state index is 12.4. The van der Waals surface area contributed by atoms with Crippen molar-refractivity contribution in [1.82, 2.24) is 4.72 Å². The van der Waals surface area contributed by atoms with Crippen molar-refractivity contribution in [3.8, 4) is 5.75 Å². The van der Waals surface area contributed by atoms with Gasteiger partial charge in [0, 0.05) is 13.0 Å². The first kappa shape index (κ1) is 17.7. The molecule has 0 bridgehead atoms. The van der Waals surface area contributed by atoms with Gasteiger partial charge in [0.05, 0.1) is 29.2 Å². The van der Waals surface area contributed by atoms with Gasteiger partial charge in [-0.05, 0) is 24.6 Å². The molecule has 0 unspecified atom stereocenters. The van der Waals surface area contributed by atoms with Gasteiger partial charge in [0.25, 0.3) is 0 Å². The summed E-state index contributed by atoms with van der Waals surface area (Å²) in [5, 5.41) is 2.49. The molecule has 0 radical (unpaired) electrons. The lowest BCUT2D eigenvalue weighted by Gasteiger charge is -2.14. The molecule has 1 heterocycles. The zero-order valence-electron chi connectivity index (χ0n) is 12.7. The normalized spacial score (nSPS) is 20.2. The Balaban J connectivity index is 2.27. The van der Waals surface area contributed by atoms with Crippen LogP contribution in [0.1, 0.15) is 13.3 Å². The number of carbonyl (C=O) groups is 1. The molecular weight excluding hydrogens is 344 g/mol. The summed E-state index contributed by atoms with van der Waals surface area (Å²) >= 11 is 0. The second kappa shape index (κ2) is 6.46. The van der Waals surface area contributed by atoms with Crippen LogP contribution in [0, 0.1) is 0 Å². The Morgan fingerprint density at radius 1 is 1.35 bits per heavy atom. The summed E-state index contributed by atoms with van der Waals surface area (Å²) < 4.78 is 55.1. The molecule has 1 aliphatic rings. The van der Waals surface area contributed by atoms with Gasteiger partial charge in [-0.3, -0.25) is 4.79 Å². The summed E-state index contributed by atoms with van der Waals surface area (Å²) in [5.41, 5.74) is 0.224. The van der Waals surface area contributed by atoms with Crippen molar-refractivity contribution in [2.75, 3.05) is 23.9 Å². The molecule has 1 fully saturated rings. The van der Waals surface area contributed by atoms with Gasteiger partial charge in [-0.1, -0.05) is 0 Å². The zero-order valence-corrected chi connectivity index (χ0v) is 14.3. The van der Waals surface area contributed by atoms with E-state index in [0.29, 0.717) is 5.75 Å². The molecule has 1 aromatic rings. The van der Waals surface area contributed by atoms with Crippen LogP contribution in [0.25, 0.3) is 0 Å². The third-order valence-corrected chi connectivity index (χ3v) is 6.63. The Hall–Kier alpha value is -1.65. The molecule has 1 amide bonds. The van der Waals surface area contributed by atoms with Crippen LogP contribution in [-0.2, 0) is 24.7 Å². The van der Waals surface area contributed by atoms with Crippen molar-refractivity contribution >= 4 is 31.5 Å². The molecule has 23 heavy (non-hydrogen) atoms. The first-order valence-corrected chi connectivity index (χ1v) is 10.1. The Morgan fingerprint density at radius 2 is 2.04 bits per heavy atom. The Bertz CT molecular complexity index is 817. The number of hydrogen-bond acceptors (Lipinski definition) is 6. The van der Waals surface area contributed by atoms with Crippen molar-refractivity contribution in [2.45, 2.75) is 24.3 Å². The summed E-state index contributed by atoms with van der Waals surface area (Å²) in [7, 11) is -5.69. The molecular formula is C13H18N2O6S2.